The third-order valence-electron chi connectivity index (χ3n) is 4.96. The maximum atomic E-state index is 12.3. The molecule has 0 aliphatic rings. The molecule has 4 N–H and O–H groups in total. The zero-order valence-corrected chi connectivity index (χ0v) is 18.9. The zero-order chi connectivity index (χ0) is 24.4. The van der Waals surface area contributed by atoms with E-state index in [2.05, 4.69) is 16.4 Å². The molecular formula is C22H38O10. The molecule has 32 heavy (non-hydrogen) atoms. The average molecular weight is 463 g/mol. The van der Waals surface area contributed by atoms with E-state index >= 15 is 0 Å². The minimum absolute atomic E-state index is 0.184. The van der Waals surface area contributed by atoms with Crippen molar-refractivity contribution < 1.29 is 49.1 Å². The molecule has 186 valence electrons. The smallest absolute Gasteiger partial charge is 0.345 e. The van der Waals surface area contributed by atoms with Crippen LogP contribution in [0.15, 0.2) is 0 Å². The number of aliphatic hydroxyl groups is 4. The number of carbonyl (C=O) groups excluding carboxylic acids is 4. The standard InChI is InChI=1S/C22H38O10/c1-2-3-4-5-6-7-8-9-10-11-12-16(20(28)32-22(30)18(26)15-24)13-19(27)31-21(29)17(25)14-23/h16-18,23-26H,2-15H2,1H3. The molecule has 0 radical (unpaired) electrons. The molecule has 0 fully saturated rings. The molecule has 0 heterocycles. The van der Waals surface area contributed by atoms with E-state index in [9.17, 15) is 24.3 Å². The van der Waals surface area contributed by atoms with Crippen LogP contribution in [0.4, 0.5) is 0 Å². The first-order valence-electron chi connectivity index (χ1n) is 11.3. The van der Waals surface area contributed by atoms with E-state index in [-0.39, 0.29) is 6.42 Å². The van der Waals surface area contributed by atoms with E-state index in [1.54, 1.807) is 0 Å². The van der Waals surface area contributed by atoms with Crippen LogP contribution in [0, 0.1) is 5.92 Å². The second-order valence-corrected chi connectivity index (χ2v) is 7.80. The summed E-state index contributed by atoms with van der Waals surface area (Å²) in [6, 6.07) is 0. The highest BCUT2D eigenvalue weighted by Gasteiger charge is 2.29. The lowest BCUT2D eigenvalue weighted by Crippen LogP contribution is -2.33. The summed E-state index contributed by atoms with van der Waals surface area (Å²) in [6.45, 7) is 0.318. The number of unbranched alkanes of at least 4 members (excludes halogenated alkanes) is 9. The van der Waals surface area contributed by atoms with E-state index in [4.69, 9.17) is 15.3 Å². The second-order valence-electron chi connectivity index (χ2n) is 7.80. The van der Waals surface area contributed by atoms with Crippen LogP contribution in [0.3, 0.4) is 0 Å². The lowest BCUT2D eigenvalue weighted by molar-refractivity contribution is -0.174. The van der Waals surface area contributed by atoms with Crippen LogP contribution < -0.4 is 0 Å². The first-order chi connectivity index (χ1) is 15.3. The van der Waals surface area contributed by atoms with Crippen molar-refractivity contribution in [2.45, 2.75) is 96.2 Å². The molecule has 3 atom stereocenters. The molecule has 0 aliphatic heterocycles. The van der Waals surface area contributed by atoms with Gasteiger partial charge in [0.05, 0.1) is 25.6 Å². The maximum Gasteiger partial charge on any atom is 0.345 e. The molecule has 0 aliphatic carbocycles. The lowest BCUT2D eigenvalue weighted by atomic mass is 9.97. The Morgan fingerprint density at radius 1 is 0.656 bits per heavy atom. The van der Waals surface area contributed by atoms with Gasteiger partial charge in [-0.15, -0.1) is 0 Å². The van der Waals surface area contributed by atoms with E-state index in [0.29, 0.717) is 6.42 Å². The van der Waals surface area contributed by atoms with Gasteiger partial charge in [0.15, 0.2) is 12.2 Å². The van der Waals surface area contributed by atoms with Gasteiger partial charge in [-0.05, 0) is 6.42 Å². The van der Waals surface area contributed by atoms with Gasteiger partial charge in [-0.3, -0.25) is 9.59 Å². The summed E-state index contributed by atoms with van der Waals surface area (Å²) in [5.41, 5.74) is 0. The minimum Gasteiger partial charge on any atom is -0.393 e. The molecule has 0 aromatic rings. The van der Waals surface area contributed by atoms with Crippen molar-refractivity contribution in [3.8, 4) is 0 Å². The molecule has 0 bridgehead atoms. The fraction of sp³-hybridized carbons (Fsp3) is 0.818. The normalized spacial score (nSPS) is 13.8. The summed E-state index contributed by atoms with van der Waals surface area (Å²) in [6.07, 6.45) is 6.44. The lowest BCUT2D eigenvalue weighted by Gasteiger charge is -2.16. The highest BCUT2D eigenvalue weighted by molar-refractivity contribution is 5.92. The monoisotopic (exact) mass is 462 g/mol. The molecule has 3 unspecified atom stereocenters. The fourth-order valence-electron chi connectivity index (χ4n) is 3.00. The molecule has 0 amide bonds. The zero-order valence-electron chi connectivity index (χ0n) is 18.9. The predicted octanol–water partition coefficient (Wildman–Crippen LogP) is 1.15. The second kappa shape index (κ2) is 18.7. The van der Waals surface area contributed by atoms with Crippen LogP contribution in [-0.4, -0.2) is 69.7 Å². The highest BCUT2D eigenvalue weighted by atomic mass is 16.6. The number of hydrogen-bond donors (Lipinski definition) is 4. The summed E-state index contributed by atoms with van der Waals surface area (Å²) in [5, 5.41) is 35.9. The van der Waals surface area contributed by atoms with Crippen molar-refractivity contribution >= 4 is 23.9 Å². The van der Waals surface area contributed by atoms with Crippen LogP contribution in [-0.2, 0) is 28.7 Å². The Labute approximate surface area is 188 Å². The topological polar surface area (TPSA) is 168 Å². The van der Waals surface area contributed by atoms with Crippen LogP contribution in [0.2, 0.25) is 0 Å². The van der Waals surface area contributed by atoms with Crippen LogP contribution in [0.1, 0.15) is 84.0 Å². The number of ether oxygens (including phenoxy) is 2. The number of carbonyl (C=O) groups is 4. The van der Waals surface area contributed by atoms with Crippen molar-refractivity contribution in [2.24, 2.45) is 5.92 Å². The molecule has 0 saturated heterocycles. The molecule has 0 aromatic heterocycles. The molecule has 0 saturated carbocycles. The summed E-state index contributed by atoms with van der Waals surface area (Å²) < 4.78 is 8.90. The first kappa shape index (κ1) is 30.1. The van der Waals surface area contributed by atoms with Gasteiger partial charge in [0.25, 0.3) is 0 Å². The van der Waals surface area contributed by atoms with Gasteiger partial charge in [0, 0.05) is 0 Å². The third kappa shape index (κ3) is 14.2. The SMILES string of the molecule is CCCCCCCCCCCCC(CC(=O)OC(=O)C(O)CO)C(=O)OC(=O)C(O)CO. The summed E-state index contributed by atoms with van der Waals surface area (Å²) in [7, 11) is 0. The molecule has 0 aromatic carbocycles. The van der Waals surface area contributed by atoms with E-state index in [1.165, 1.54) is 32.1 Å². The van der Waals surface area contributed by atoms with Crippen LogP contribution in [0.5, 0.6) is 0 Å². The quantitative estimate of drug-likeness (QED) is 0.132. The Hall–Kier alpha value is -1.88. The van der Waals surface area contributed by atoms with Crippen LogP contribution >= 0.6 is 0 Å². The molecular weight excluding hydrogens is 424 g/mol. The Morgan fingerprint density at radius 3 is 1.56 bits per heavy atom. The van der Waals surface area contributed by atoms with Gasteiger partial charge in [-0.2, -0.15) is 0 Å². The predicted molar refractivity (Wildman–Crippen MR) is 113 cm³/mol. The molecule has 10 nitrogen and oxygen atoms in total. The van der Waals surface area contributed by atoms with Gasteiger partial charge >= 0.3 is 23.9 Å². The van der Waals surface area contributed by atoms with Gasteiger partial charge < -0.3 is 29.9 Å². The summed E-state index contributed by atoms with van der Waals surface area (Å²) >= 11 is 0. The largest absolute Gasteiger partial charge is 0.393 e. The van der Waals surface area contributed by atoms with Gasteiger partial charge in [-0.25, -0.2) is 9.59 Å². The fourth-order valence-corrected chi connectivity index (χ4v) is 3.00. The van der Waals surface area contributed by atoms with Gasteiger partial charge in [-0.1, -0.05) is 71.1 Å². The average Bonchev–Trinajstić information content (AvgIpc) is 2.77. The maximum absolute atomic E-state index is 12.3. The van der Waals surface area contributed by atoms with Gasteiger partial charge in [0.2, 0.25) is 0 Å². The number of rotatable bonds is 18. The number of esters is 4. The minimum atomic E-state index is -1.88. The van der Waals surface area contributed by atoms with E-state index in [0.717, 1.165) is 25.7 Å². The van der Waals surface area contributed by atoms with Crippen molar-refractivity contribution in [3.05, 3.63) is 0 Å². The summed E-state index contributed by atoms with van der Waals surface area (Å²) in [4.78, 5) is 47.1. The Balaban J connectivity index is 4.56. The van der Waals surface area contributed by atoms with Crippen molar-refractivity contribution in [1.82, 2.24) is 0 Å². The van der Waals surface area contributed by atoms with E-state index < -0.39 is 61.6 Å². The molecule has 0 spiro atoms. The summed E-state index contributed by atoms with van der Waals surface area (Å²) in [5.74, 6) is -6.00. The Kier molecular flexibility index (Phi) is 17.6. The third-order valence-corrected chi connectivity index (χ3v) is 4.96. The Morgan fingerprint density at radius 2 is 1.09 bits per heavy atom. The van der Waals surface area contributed by atoms with Crippen molar-refractivity contribution in [1.29, 1.82) is 0 Å². The first-order valence-corrected chi connectivity index (χ1v) is 11.3. The van der Waals surface area contributed by atoms with Crippen LogP contribution in [0.25, 0.3) is 0 Å². The van der Waals surface area contributed by atoms with E-state index in [1.807, 2.05) is 0 Å². The molecule has 10 heteroatoms. The van der Waals surface area contributed by atoms with Crippen molar-refractivity contribution in [3.63, 3.8) is 0 Å². The number of aliphatic hydroxyl groups excluding tert-OH is 4. The highest BCUT2D eigenvalue weighted by Crippen LogP contribution is 2.19. The Bertz CT molecular complexity index is 563. The number of hydrogen-bond acceptors (Lipinski definition) is 10. The van der Waals surface area contributed by atoms with Gasteiger partial charge in [0.1, 0.15) is 0 Å². The van der Waals surface area contributed by atoms with Crippen molar-refractivity contribution in [2.75, 3.05) is 13.2 Å². The molecule has 0 rings (SSSR count).